The Morgan fingerprint density at radius 1 is 1.17 bits per heavy atom. The van der Waals surface area contributed by atoms with Crippen LogP contribution in [0.4, 0.5) is 11.4 Å². The first-order valence-electron chi connectivity index (χ1n) is 9.57. The van der Waals surface area contributed by atoms with Gasteiger partial charge in [0.25, 0.3) is 10.0 Å². The quantitative estimate of drug-likeness (QED) is 0.491. The fourth-order valence-corrected chi connectivity index (χ4v) is 4.78. The average molecular weight is 513 g/mol. The summed E-state index contributed by atoms with van der Waals surface area (Å²) in [6, 6.07) is 12.1. The molecule has 1 saturated heterocycles. The SMILES string of the molecule is Cc1ccc(NC(=S)NCCN2CCOCC2)c(S(=O)(=O)Nc2ccc(Br)cc2)c1. The molecule has 10 heteroatoms. The Morgan fingerprint density at radius 3 is 2.57 bits per heavy atom. The van der Waals surface area contributed by atoms with Crippen LogP contribution in [0.25, 0.3) is 0 Å². The normalized spacial score (nSPS) is 14.9. The number of morpholine rings is 1. The maximum Gasteiger partial charge on any atom is 0.263 e. The Kier molecular flexibility index (Phi) is 8.06. The maximum absolute atomic E-state index is 13.0. The molecule has 1 fully saturated rings. The second-order valence-electron chi connectivity index (χ2n) is 6.95. The van der Waals surface area contributed by atoms with Crippen LogP contribution in [0.15, 0.2) is 51.8 Å². The lowest BCUT2D eigenvalue weighted by Gasteiger charge is -2.26. The molecule has 0 spiro atoms. The van der Waals surface area contributed by atoms with Crippen LogP contribution in [0, 0.1) is 6.92 Å². The van der Waals surface area contributed by atoms with Gasteiger partial charge >= 0.3 is 0 Å². The van der Waals surface area contributed by atoms with Crippen LogP contribution in [0.5, 0.6) is 0 Å². The van der Waals surface area contributed by atoms with Gasteiger partial charge in [-0.05, 0) is 61.1 Å². The standard InChI is InChI=1S/C20H25BrN4O3S2/c1-15-2-7-18(23-20(29)22-8-9-25-10-12-28-13-11-25)19(14-15)30(26,27)24-17-5-3-16(21)4-6-17/h2-7,14,24H,8-13H2,1H3,(H2,22,23,29). The first-order chi connectivity index (χ1) is 14.3. The number of nitrogens with zero attached hydrogens (tertiary/aromatic N) is 1. The molecule has 7 nitrogen and oxygen atoms in total. The summed E-state index contributed by atoms with van der Waals surface area (Å²) in [5, 5.41) is 6.55. The molecule has 0 bridgehead atoms. The average Bonchev–Trinajstić information content (AvgIpc) is 2.71. The summed E-state index contributed by atoms with van der Waals surface area (Å²) in [4.78, 5) is 2.44. The van der Waals surface area contributed by atoms with Crippen LogP contribution in [-0.4, -0.2) is 57.8 Å². The van der Waals surface area contributed by atoms with Gasteiger partial charge in [0.15, 0.2) is 5.11 Å². The van der Waals surface area contributed by atoms with E-state index < -0.39 is 10.0 Å². The number of sulfonamides is 1. The van der Waals surface area contributed by atoms with Crippen LogP contribution < -0.4 is 15.4 Å². The molecule has 1 aliphatic rings. The Labute approximate surface area is 191 Å². The number of ether oxygens (including phenoxy) is 1. The van der Waals surface area contributed by atoms with E-state index in [0.29, 0.717) is 23.0 Å². The summed E-state index contributed by atoms with van der Waals surface area (Å²) in [5.41, 5.74) is 1.74. The molecule has 30 heavy (non-hydrogen) atoms. The summed E-state index contributed by atoms with van der Waals surface area (Å²) in [6.07, 6.45) is 0. The zero-order valence-corrected chi connectivity index (χ0v) is 19.9. The fraction of sp³-hybridized carbons (Fsp3) is 0.350. The third-order valence-electron chi connectivity index (χ3n) is 4.59. The second-order valence-corrected chi connectivity index (χ2v) is 9.92. The minimum absolute atomic E-state index is 0.141. The van der Waals surface area contributed by atoms with E-state index in [0.717, 1.165) is 42.9 Å². The van der Waals surface area contributed by atoms with Gasteiger partial charge in [-0.15, -0.1) is 0 Å². The van der Waals surface area contributed by atoms with Crippen molar-refractivity contribution in [2.24, 2.45) is 0 Å². The van der Waals surface area contributed by atoms with Crippen molar-refractivity contribution in [1.82, 2.24) is 10.2 Å². The first kappa shape index (κ1) is 23.0. The minimum Gasteiger partial charge on any atom is -0.379 e. The molecule has 1 aliphatic heterocycles. The van der Waals surface area contributed by atoms with Gasteiger partial charge in [-0.1, -0.05) is 22.0 Å². The summed E-state index contributed by atoms with van der Waals surface area (Å²) < 4.78 is 34.9. The number of halogens is 1. The highest BCUT2D eigenvalue weighted by Gasteiger charge is 2.20. The highest BCUT2D eigenvalue weighted by Crippen LogP contribution is 2.26. The summed E-state index contributed by atoms with van der Waals surface area (Å²) in [5.74, 6) is 0. The molecule has 0 amide bonds. The zero-order valence-electron chi connectivity index (χ0n) is 16.7. The van der Waals surface area contributed by atoms with Crippen molar-refractivity contribution in [3.8, 4) is 0 Å². The number of hydrogen-bond donors (Lipinski definition) is 3. The molecule has 0 unspecified atom stereocenters. The van der Waals surface area contributed by atoms with Gasteiger partial charge in [-0.2, -0.15) is 0 Å². The lowest BCUT2D eigenvalue weighted by Crippen LogP contribution is -2.42. The first-order valence-corrected chi connectivity index (χ1v) is 12.3. The van der Waals surface area contributed by atoms with Crippen molar-refractivity contribution in [3.63, 3.8) is 0 Å². The van der Waals surface area contributed by atoms with Gasteiger partial charge in [0.05, 0.1) is 18.9 Å². The van der Waals surface area contributed by atoms with E-state index in [1.54, 1.807) is 36.4 Å². The van der Waals surface area contributed by atoms with Crippen molar-refractivity contribution in [1.29, 1.82) is 0 Å². The van der Waals surface area contributed by atoms with Gasteiger partial charge in [0, 0.05) is 36.3 Å². The van der Waals surface area contributed by atoms with Crippen molar-refractivity contribution in [2.45, 2.75) is 11.8 Å². The number of hydrogen-bond acceptors (Lipinski definition) is 5. The van der Waals surface area contributed by atoms with Gasteiger partial charge in [0.1, 0.15) is 4.90 Å². The summed E-state index contributed by atoms with van der Waals surface area (Å²) >= 11 is 8.72. The van der Waals surface area contributed by atoms with Crippen LogP contribution in [0.3, 0.4) is 0 Å². The monoisotopic (exact) mass is 512 g/mol. The minimum atomic E-state index is -3.80. The van der Waals surface area contributed by atoms with Crippen molar-refractivity contribution in [3.05, 3.63) is 52.5 Å². The Hall–Kier alpha value is -1.72. The van der Waals surface area contributed by atoms with E-state index in [9.17, 15) is 8.42 Å². The predicted octanol–water partition coefficient (Wildman–Crippen LogP) is 3.18. The van der Waals surface area contributed by atoms with Crippen molar-refractivity contribution >= 4 is 54.7 Å². The van der Waals surface area contributed by atoms with Gasteiger partial charge in [-0.25, -0.2) is 8.42 Å². The predicted molar refractivity (Wildman–Crippen MR) is 128 cm³/mol. The third kappa shape index (κ3) is 6.64. The molecule has 0 saturated carbocycles. The fourth-order valence-electron chi connectivity index (χ4n) is 3.00. The topological polar surface area (TPSA) is 82.7 Å². The number of benzene rings is 2. The van der Waals surface area contributed by atoms with E-state index in [4.69, 9.17) is 17.0 Å². The zero-order chi connectivity index (χ0) is 21.6. The smallest absolute Gasteiger partial charge is 0.263 e. The molecule has 3 N–H and O–H groups in total. The van der Waals surface area contributed by atoms with Crippen molar-refractivity contribution in [2.75, 3.05) is 49.4 Å². The number of anilines is 2. The van der Waals surface area contributed by atoms with Crippen LogP contribution in [0.1, 0.15) is 5.56 Å². The molecular formula is C20H25BrN4O3S2. The molecule has 0 radical (unpaired) electrons. The van der Waals surface area contributed by atoms with Crippen molar-refractivity contribution < 1.29 is 13.2 Å². The maximum atomic E-state index is 13.0. The number of nitrogens with one attached hydrogen (secondary N) is 3. The molecule has 3 rings (SSSR count). The van der Waals surface area contributed by atoms with E-state index >= 15 is 0 Å². The molecular weight excluding hydrogens is 488 g/mol. The van der Waals surface area contributed by atoms with Gasteiger partial charge < -0.3 is 15.4 Å². The Balaban J connectivity index is 1.66. The second kappa shape index (κ2) is 10.5. The van der Waals surface area contributed by atoms with Crippen LogP contribution in [-0.2, 0) is 14.8 Å². The van der Waals surface area contributed by atoms with E-state index in [2.05, 4.69) is 36.2 Å². The lowest BCUT2D eigenvalue weighted by atomic mass is 10.2. The van der Waals surface area contributed by atoms with Crippen LogP contribution >= 0.6 is 28.1 Å². The van der Waals surface area contributed by atoms with Gasteiger partial charge in [-0.3, -0.25) is 9.62 Å². The van der Waals surface area contributed by atoms with E-state index in [1.165, 1.54) is 0 Å². The molecule has 2 aromatic rings. The number of thiocarbonyl (C=S) groups is 1. The highest BCUT2D eigenvalue weighted by molar-refractivity contribution is 9.10. The van der Waals surface area contributed by atoms with Crippen LogP contribution in [0.2, 0.25) is 0 Å². The molecule has 0 aromatic heterocycles. The molecule has 0 atom stereocenters. The summed E-state index contributed by atoms with van der Waals surface area (Å²) in [6.45, 7) is 6.67. The van der Waals surface area contributed by atoms with E-state index in [1.807, 2.05) is 13.0 Å². The Morgan fingerprint density at radius 2 is 1.87 bits per heavy atom. The number of rotatable bonds is 7. The molecule has 2 aromatic carbocycles. The number of aryl methyl sites for hydroxylation is 1. The third-order valence-corrected chi connectivity index (χ3v) is 6.78. The Bertz CT molecular complexity index is 978. The van der Waals surface area contributed by atoms with E-state index in [-0.39, 0.29) is 4.90 Å². The van der Waals surface area contributed by atoms with Gasteiger partial charge in [0.2, 0.25) is 0 Å². The molecule has 1 heterocycles. The largest absolute Gasteiger partial charge is 0.379 e. The summed E-state index contributed by atoms with van der Waals surface area (Å²) in [7, 11) is -3.80. The highest BCUT2D eigenvalue weighted by atomic mass is 79.9. The molecule has 0 aliphatic carbocycles. The molecule has 162 valence electrons. The lowest BCUT2D eigenvalue weighted by molar-refractivity contribution is 0.0389.